The number of rotatable bonds is 9. The fourth-order valence-electron chi connectivity index (χ4n) is 5.05. The molecular weight excluding hydrogens is 394 g/mol. The third-order valence-corrected chi connectivity index (χ3v) is 6.75. The van der Waals surface area contributed by atoms with Crippen molar-refractivity contribution < 1.29 is 4.74 Å². The number of fused-ring (bicyclic) bond motifs is 1. The minimum atomic E-state index is 0.0815. The second-order valence-corrected chi connectivity index (χ2v) is 8.75. The number of nitrogens with one attached hydrogen (secondary N) is 1. The van der Waals surface area contributed by atoms with E-state index in [1.807, 2.05) is 16.9 Å². The Balaban J connectivity index is 1.22. The van der Waals surface area contributed by atoms with E-state index in [1.54, 1.807) is 6.20 Å². The van der Waals surface area contributed by atoms with Crippen LogP contribution in [0.25, 0.3) is 10.8 Å². The molecule has 5 rings (SSSR count). The van der Waals surface area contributed by atoms with Crippen molar-refractivity contribution in [2.24, 2.45) is 0 Å². The lowest BCUT2D eigenvalue weighted by molar-refractivity contribution is 0.290. The van der Waals surface area contributed by atoms with E-state index >= 15 is 0 Å². The summed E-state index contributed by atoms with van der Waals surface area (Å²) in [6.45, 7) is 2.36. The highest BCUT2D eigenvalue weighted by atomic mass is 16.5. The number of nitrogens with zero attached hydrogens (tertiary/aromatic N) is 2. The summed E-state index contributed by atoms with van der Waals surface area (Å²) < 4.78 is 7.82. The minimum absolute atomic E-state index is 0.0815. The van der Waals surface area contributed by atoms with Gasteiger partial charge in [-0.15, -0.1) is 0 Å². The van der Waals surface area contributed by atoms with Gasteiger partial charge in [-0.1, -0.05) is 67.4 Å². The lowest BCUT2D eigenvalue weighted by Crippen LogP contribution is -2.41. The van der Waals surface area contributed by atoms with E-state index in [-0.39, 0.29) is 5.54 Å². The average Bonchev–Trinajstić information content (AvgIpc) is 3.53. The van der Waals surface area contributed by atoms with E-state index in [1.165, 1.54) is 47.6 Å². The summed E-state index contributed by atoms with van der Waals surface area (Å²) in [6.07, 6.45) is 9.75. The van der Waals surface area contributed by atoms with Gasteiger partial charge >= 0.3 is 0 Å². The molecule has 0 radical (unpaired) electrons. The largest absolute Gasteiger partial charge is 0.492 e. The molecule has 0 spiro atoms. The summed E-state index contributed by atoms with van der Waals surface area (Å²) in [6, 6.07) is 26.0. The Morgan fingerprint density at radius 3 is 2.53 bits per heavy atom. The molecule has 0 aliphatic heterocycles. The van der Waals surface area contributed by atoms with Crippen molar-refractivity contribution in [2.45, 2.75) is 44.2 Å². The molecule has 0 amide bonds. The number of hydrogen-bond acceptors (Lipinski definition) is 3. The molecule has 4 heteroatoms. The summed E-state index contributed by atoms with van der Waals surface area (Å²) in [5, 5.41) is 10.9. The van der Waals surface area contributed by atoms with E-state index in [0.29, 0.717) is 6.61 Å². The Bertz CT molecular complexity index is 1120. The first kappa shape index (κ1) is 20.8. The molecule has 1 aliphatic carbocycles. The Hall–Kier alpha value is -3.11. The number of ether oxygens (including phenoxy) is 1. The lowest BCUT2D eigenvalue weighted by atomic mass is 9.87. The van der Waals surface area contributed by atoms with Crippen LogP contribution in [0.2, 0.25) is 0 Å². The highest BCUT2D eigenvalue weighted by Crippen LogP contribution is 2.39. The zero-order valence-corrected chi connectivity index (χ0v) is 18.5. The molecule has 0 saturated heterocycles. The maximum Gasteiger partial charge on any atom is 0.119 e. The summed E-state index contributed by atoms with van der Waals surface area (Å²) in [7, 11) is 0. The van der Waals surface area contributed by atoms with Gasteiger partial charge in [-0.05, 0) is 59.4 Å². The molecule has 0 bridgehead atoms. The molecular formula is C28H31N3O. The van der Waals surface area contributed by atoms with Gasteiger partial charge < -0.3 is 10.1 Å². The average molecular weight is 426 g/mol. The quantitative estimate of drug-likeness (QED) is 0.373. The van der Waals surface area contributed by atoms with E-state index in [4.69, 9.17) is 4.74 Å². The Labute approximate surface area is 190 Å². The van der Waals surface area contributed by atoms with Crippen molar-refractivity contribution in [1.82, 2.24) is 15.1 Å². The maximum absolute atomic E-state index is 5.93. The van der Waals surface area contributed by atoms with Crippen molar-refractivity contribution in [3.63, 3.8) is 0 Å². The van der Waals surface area contributed by atoms with Crippen LogP contribution in [0.4, 0.5) is 0 Å². The number of benzene rings is 3. The monoisotopic (exact) mass is 425 g/mol. The lowest BCUT2D eigenvalue weighted by Gasteiger charge is -2.31. The van der Waals surface area contributed by atoms with Crippen LogP contribution in [0.1, 0.15) is 36.8 Å². The second-order valence-electron chi connectivity index (χ2n) is 8.75. The Kier molecular flexibility index (Phi) is 6.22. The topological polar surface area (TPSA) is 39.1 Å². The first-order chi connectivity index (χ1) is 15.8. The fraction of sp³-hybridized carbons (Fsp3) is 0.321. The van der Waals surface area contributed by atoms with Crippen LogP contribution in [0.3, 0.4) is 0 Å². The van der Waals surface area contributed by atoms with E-state index in [2.05, 4.69) is 77.1 Å². The van der Waals surface area contributed by atoms with Gasteiger partial charge in [0.15, 0.2) is 0 Å². The number of aromatic nitrogens is 2. The Morgan fingerprint density at radius 1 is 0.906 bits per heavy atom. The maximum atomic E-state index is 5.93. The summed E-state index contributed by atoms with van der Waals surface area (Å²) in [4.78, 5) is 0. The molecule has 1 fully saturated rings. The molecule has 0 atom stereocenters. The third kappa shape index (κ3) is 4.56. The predicted octanol–water partition coefficient (Wildman–Crippen LogP) is 5.72. The van der Waals surface area contributed by atoms with Gasteiger partial charge in [0, 0.05) is 24.5 Å². The van der Waals surface area contributed by atoms with Crippen LogP contribution >= 0.6 is 0 Å². The molecule has 32 heavy (non-hydrogen) atoms. The molecule has 1 aromatic heterocycles. The van der Waals surface area contributed by atoms with Gasteiger partial charge in [0.25, 0.3) is 0 Å². The second kappa shape index (κ2) is 9.58. The van der Waals surface area contributed by atoms with Gasteiger partial charge in [-0.3, -0.25) is 4.68 Å². The fourth-order valence-corrected chi connectivity index (χ4v) is 5.05. The van der Waals surface area contributed by atoms with Gasteiger partial charge in [0.05, 0.1) is 6.54 Å². The van der Waals surface area contributed by atoms with Crippen LogP contribution < -0.4 is 10.1 Å². The molecule has 0 unspecified atom stereocenters. The molecule has 4 aromatic rings. The van der Waals surface area contributed by atoms with Crippen molar-refractivity contribution >= 4 is 10.8 Å². The molecule has 1 heterocycles. The molecule has 3 aromatic carbocycles. The van der Waals surface area contributed by atoms with Gasteiger partial charge in [-0.25, -0.2) is 0 Å². The number of hydrogen-bond donors (Lipinski definition) is 1. The first-order valence-electron chi connectivity index (χ1n) is 11.7. The minimum Gasteiger partial charge on any atom is -0.492 e. The summed E-state index contributed by atoms with van der Waals surface area (Å²) in [5.41, 5.74) is 2.88. The van der Waals surface area contributed by atoms with Gasteiger partial charge in [-0.2, -0.15) is 5.10 Å². The molecule has 1 saturated carbocycles. The van der Waals surface area contributed by atoms with Crippen molar-refractivity contribution in [1.29, 1.82) is 0 Å². The van der Waals surface area contributed by atoms with Crippen LogP contribution in [0, 0.1) is 0 Å². The van der Waals surface area contributed by atoms with E-state index < -0.39 is 0 Å². The highest BCUT2D eigenvalue weighted by Gasteiger charge is 2.34. The Morgan fingerprint density at radius 2 is 1.72 bits per heavy atom. The van der Waals surface area contributed by atoms with Crippen LogP contribution in [0.15, 0.2) is 85.2 Å². The van der Waals surface area contributed by atoms with Crippen LogP contribution in [-0.4, -0.2) is 22.9 Å². The SMILES string of the molecule is c1ccc2c(CCNC3(c4ccc(OCCn5cccn5)cc4)CCCC3)cccc2c1. The predicted molar refractivity (Wildman–Crippen MR) is 130 cm³/mol. The van der Waals surface area contributed by atoms with E-state index in [9.17, 15) is 0 Å². The first-order valence-corrected chi connectivity index (χ1v) is 11.7. The zero-order valence-electron chi connectivity index (χ0n) is 18.5. The van der Waals surface area contributed by atoms with Crippen molar-refractivity contribution in [3.8, 4) is 5.75 Å². The molecule has 164 valence electrons. The van der Waals surface area contributed by atoms with Crippen LogP contribution in [0.5, 0.6) is 5.75 Å². The molecule has 4 nitrogen and oxygen atoms in total. The zero-order chi connectivity index (χ0) is 21.6. The standard InChI is InChI=1S/C28H31N3O/c1-2-10-27-23(7-1)8-5-9-24(27)15-19-29-28(16-3-4-17-28)25-11-13-26(14-12-25)32-22-21-31-20-6-18-30-31/h1-2,5-14,18,20,29H,3-4,15-17,19,21-22H2. The summed E-state index contributed by atoms with van der Waals surface area (Å²) in [5.74, 6) is 0.921. The molecule has 1 N–H and O–H groups in total. The smallest absolute Gasteiger partial charge is 0.119 e. The van der Waals surface area contributed by atoms with Gasteiger partial charge in [0.1, 0.15) is 12.4 Å². The third-order valence-electron chi connectivity index (χ3n) is 6.75. The van der Waals surface area contributed by atoms with Crippen molar-refractivity contribution in [3.05, 3.63) is 96.3 Å². The van der Waals surface area contributed by atoms with Gasteiger partial charge in [0.2, 0.25) is 0 Å². The highest BCUT2D eigenvalue weighted by molar-refractivity contribution is 5.85. The van der Waals surface area contributed by atoms with Crippen molar-refractivity contribution in [2.75, 3.05) is 13.2 Å². The van der Waals surface area contributed by atoms with Crippen LogP contribution in [-0.2, 0) is 18.5 Å². The normalized spacial score (nSPS) is 15.2. The van der Waals surface area contributed by atoms with E-state index in [0.717, 1.165) is 25.3 Å². The summed E-state index contributed by atoms with van der Waals surface area (Å²) >= 11 is 0. The molecule has 1 aliphatic rings.